The van der Waals surface area contributed by atoms with Crippen LogP contribution in [0.3, 0.4) is 0 Å². The van der Waals surface area contributed by atoms with Gasteiger partial charge in [-0.05, 0) is 59.3 Å². The van der Waals surface area contributed by atoms with Gasteiger partial charge in [0.05, 0.1) is 10.5 Å². The second kappa shape index (κ2) is 3.53. The summed E-state index contributed by atoms with van der Waals surface area (Å²) in [7, 11) is 0. The van der Waals surface area contributed by atoms with Crippen LogP contribution in [0.15, 0.2) is 16.6 Å². The van der Waals surface area contributed by atoms with Crippen LogP contribution in [0.4, 0.5) is 0 Å². The summed E-state index contributed by atoms with van der Waals surface area (Å²) in [4.78, 5) is 3.49. The number of H-pyrrole nitrogens is 1. The van der Waals surface area contributed by atoms with Crippen LogP contribution in [-0.4, -0.2) is 4.98 Å². The fraction of sp³-hybridized carbons (Fsp3) is 0.333. The number of aromatic amines is 1. The van der Waals surface area contributed by atoms with Crippen LogP contribution in [-0.2, 0) is 12.8 Å². The predicted octanol–water partition coefficient (Wildman–Crippen LogP) is 4.46. The number of halogens is 2. The minimum atomic E-state index is 0.868. The van der Waals surface area contributed by atoms with Crippen LogP contribution >= 0.6 is 27.5 Å². The zero-order valence-electron chi connectivity index (χ0n) is 8.24. The summed E-state index contributed by atoms with van der Waals surface area (Å²) < 4.78 is 1.11. The second-order valence-electron chi connectivity index (χ2n) is 4.07. The van der Waals surface area contributed by atoms with E-state index in [0.29, 0.717) is 0 Å². The maximum Gasteiger partial charge on any atom is 0.0618 e. The van der Waals surface area contributed by atoms with Gasteiger partial charge in [-0.25, -0.2) is 0 Å². The van der Waals surface area contributed by atoms with Gasteiger partial charge in [0.1, 0.15) is 0 Å². The summed E-state index contributed by atoms with van der Waals surface area (Å²) in [5.74, 6) is 0. The third-order valence-corrected chi connectivity index (χ3v) is 4.12. The van der Waals surface area contributed by atoms with Gasteiger partial charge in [-0.3, -0.25) is 0 Å². The van der Waals surface area contributed by atoms with E-state index in [-0.39, 0.29) is 0 Å². The van der Waals surface area contributed by atoms with Crippen molar-refractivity contribution in [2.45, 2.75) is 25.7 Å². The summed E-state index contributed by atoms with van der Waals surface area (Å²) in [5, 5.41) is 2.09. The topological polar surface area (TPSA) is 15.8 Å². The molecule has 0 fully saturated rings. The van der Waals surface area contributed by atoms with Crippen molar-refractivity contribution in [1.29, 1.82) is 0 Å². The molecule has 0 unspecified atom stereocenters. The maximum atomic E-state index is 6.27. The van der Waals surface area contributed by atoms with Crippen molar-refractivity contribution in [1.82, 2.24) is 4.98 Å². The fourth-order valence-corrected chi connectivity index (χ4v) is 3.14. The predicted molar refractivity (Wildman–Crippen MR) is 67.7 cm³/mol. The first-order valence-corrected chi connectivity index (χ1v) is 6.42. The molecule has 1 N–H and O–H groups in total. The molecule has 15 heavy (non-hydrogen) atoms. The summed E-state index contributed by atoms with van der Waals surface area (Å²) in [6.45, 7) is 0. The summed E-state index contributed by atoms with van der Waals surface area (Å²) in [5.41, 5.74) is 3.97. The van der Waals surface area contributed by atoms with Crippen molar-refractivity contribution in [2.75, 3.05) is 0 Å². The van der Waals surface area contributed by atoms with Crippen molar-refractivity contribution < 1.29 is 0 Å². The summed E-state index contributed by atoms with van der Waals surface area (Å²) in [6, 6.07) is 3.98. The smallest absolute Gasteiger partial charge is 0.0618 e. The van der Waals surface area contributed by atoms with Crippen molar-refractivity contribution in [3.8, 4) is 0 Å². The molecule has 2 aromatic rings. The van der Waals surface area contributed by atoms with Crippen LogP contribution in [0.25, 0.3) is 10.9 Å². The molecule has 1 aliphatic carbocycles. The lowest BCUT2D eigenvalue weighted by Gasteiger charge is -2.10. The van der Waals surface area contributed by atoms with Crippen molar-refractivity contribution >= 4 is 38.4 Å². The number of fused-ring (bicyclic) bond motifs is 3. The Labute approximate surface area is 102 Å². The molecule has 0 amide bonds. The Bertz CT molecular complexity index is 530. The highest BCUT2D eigenvalue weighted by Crippen LogP contribution is 2.36. The highest BCUT2D eigenvalue weighted by molar-refractivity contribution is 9.10. The monoisotopic (exact) mass is 283 g/mol. The van der Waals surface area contributed by atoms with Crippen molar-refractivity contribution in [3.63, 3.8) is 0 Å². The first-order valence-electron chi connectivity index (χ1n) is 5.25. The molecule has 0 saturated heterocycles. The highest BCUT2D eigenvalue weighted by atomic mass is 79.9. The Morgan fingerprint density at radius 2 is 2.00 bits per heavy atom. The molecule has 0 bridgehead atoms. The van der Waals surface area contributed by atoms with E-state index in [1.165, 1.54) is 29.5 Å². The molecule has 0 saturated carbocycles. The van der Waals surface area contributed by atoms with E-state index in [9.17, 15) is 0 Å². The largest absolute Gasteiger partial charge is 0.357 e. The summed E-state index contributed by atoms with van der Waals surface area (Å²) >= 11 is 9.83. The van der Waals surface area contributed by atoms with Crippen LogP contribution < -0.4 is 0 Å². The van der Waals surface area contributed by atoms with E-state index >= 15 is 0 Å². The van der Waals surface area contributed by atoms with Gasteiger partial charge in [0.2, 0.25) is 0 Å². The van der Waals surface area contributed by atoms with Gasteiger partial charge in [0.25, 0.3) is 0 Å². The van der Waals surface area contributed by atoms with Crippen LogP contribution in [0.5, 0.6) is 0 Å². The molecule has 0 radical (unpaired) electrons. The first kappa shape index (κ1) is 9.73. The Hall–Kier alpha value is -0.470. The second-order valence-corrected chi connectivity index (χ2v) is 5.33. The van der Waals surface area contributed by atoms with E-state index in [2.05, 4.69) is 20.9 Å². The van der Waals surface area contributed by atoms with Gasteiger partial charge in [0, 0.05) is 15.6 Å². The number of hydrogen-bond acceptors (Lipinski definition) is 0. The van der Waals surface area contributed by atoms with E-state index in [4.69, 9.17) is 11.6 Å². The highest BCUT2D eigenvalue weighted by Gasteiger charge is 2.18. The molecule has 0 aliphatic heterocycles. The van der Waals surface area contributed by atoms with E-state index < -0.39 is 0 Å². The minimum absolute atomic E-state index is 0.868. The lowest BCUT2D eigenvalue weighted by atomic mass is 9.96. The Kier molecular flexibility index (Phi) is 2.29. The molecular formula is C12H11BrClN. The summed E-state index contributed by atoms with van der Waals surface area (Å²) in [6.07, 6.45) is 4.89. The number of aryl methyl sites for hydroxylation is 2. The molecule has 1 nitrogen and oxygen atoms in total. The molecule has 1 heterocycles. The molecule has 1 aromatic carbocycles. The maximum absolute atomic E-state index is 6.27. The number of benzene rings is 1. The quantitative estimate of drug-likeness (QED) is 0.735. The van der Waals surface area contributed by atoms with Gasteiger partial charge >= 0.3 is 0 Å². The molecule has 0 atom stereocenters. The Morgan fingerprint density at radius 1 is 1.20 bits per heavy atom. The van der Waals surface area contributed by atoms with E-state index in [0.717, 1.165) is 27.9 Å². The first-order chi connectivity index (χ1) is 7.27. The molecule has 78 valence electrons. The minimum Gasteiger partial charge on any atom is -0.357 e. The number of nitrogens with one attached hydrogen (secondary N) is 1. The van der Waals surface area contributed by atoms with Gasteiger partial charge in [0.15, 0.2) is 0 Å². The molecular weight excluding hydrogens is 273 g/mol. The molecule has 1 aliphatic rings. The standard InChI is InChI=1S/C12H11BrClN/c13-8-5-6-9(14)11-7-3-1-2-4-10(7)15-12(8)11/h5-6,15H,1-4H2. The van der Waals surface area contributed by atoms with Crippen molar-refractivity contribution in [2.24, 2.45) is 0 Å². The Morgan fingerprint density at radius 3 is 2.87 bits per heavy atom. The number of rotatable bonds is 0. The fourth-order valence-electron chi connectivity index (χ4n) is 2.44. The van der Waals surface area contributed by atoms with E-state index in [1.807, 2.05) is 12.1 Å². The van der Waals surface area contributed by atoms with Gasteiger partial charge in [-0.15, -0.1) is 0 Å². The Balaban J connectivity index is 2.41. The van der Waals surface area contributed by atoms with Gasteiger partial charge in [-0.2, -0.15) is 0 Å². The van der Waals surface area contributed by atoms with Gasteiger partial charge < -0.3 is 4.98 Å². The molecule has 1 aromatic heterocycles. The lowest BCUT2D eigenvalue weighted by Crippen LogP contribution is -2.00. The third kappa shape index (κ3) is 1.42. The average molecular weight is 285 g/mol. The van der Waals surface area contributed by atoms with Gasteiger partial charge in [-0.1, -0.05) is 11.6 Å². The van der Waals surface area contributed by atoms with Crippen molar-refractivity contribution in [3.05, 3.63) is 32.9 Å². The molecule has 0 spiro atoms. The zero-order chi connectivity index (χ0) is 10.4. The normalized spacial score (nSPS) is 15.6. The zero-order valence-corrected chi connectivity index (χ0v) is 10.6. The molecule has 3 rings (SSSR count). The van der Waals surface area contributed by atoms with Crippen LogP contribution in [0, 0.1) is 0 Å². The lowest BCUT2D eigenvalue weighted by molar-refractivity contribution is 0.680. The van der Waals surface area contributed by atoms with E-state index in [1.54, 1.807) is 0 Å². The third-order valence-electron chi connectivity index (χ3n) is 3.15. The van der Waals surface area contributed by atoms with Crippen LogP contribution in [0.1, 0.15) is 24.1 Å². The number of aromatic nitrogens is 1. The number of hydrogen-bond donors (Lipinski definition) is 1. The average Bonchev–Trinajstić information content (AvgIpc) is 2.64. The SMILES string of the molecule is Clc1ccc(Br)c2[nH]c3c(c12)CCCC3. The molecule has 3 heteroatoms. The van der Waals surface area contributed by atoms with Crippen LogP contribution in [0.2, 0.25) is 5.02 Å².